The van der Waals surface area contributed by atoms with Crippen LogP contribution in [0.5, 0.6) is 0 Å². The minimum Gasteiger partial charge on any atom is -0.319 e. The van der Waals surface area contributed by atoms with Crippen molar-refractivity contribution >= 4 is 0 Å². The Hall–Kier alpha value is -0.960. The fourth-order valence-corrected chi connectivity index (χ4v) is 2.18. The second-order valence-electron chi connectivity index (χ2n) is 5.84. The molecule has 0 aliphatic carbocycles. The van der Waals surface area contributed by atoms with Crippen LogP contribution in [0.2, 0.25) is 0 Å². The molecule has 0 saturated heterocycles. The minimum absolute atomic E-state index is 0.0142. The molecule has 1 heterocycles. The Labute approximate surface area is 105 Å². The van der Waals surface area contributed by atoms with Crippen molar-refractivity contribution < 1.29 is 0 Å². The highest BCUT2D eigenvalue weighted by molar-refractivity contribution is 5.29. The monoisotopic (exact) mass is 235 g/mol. The summed E-state index contributed by atoms with van der Waals surface area (Å²) in [5, 5.41) is 3.21. The van der Waals surface area contributed by atoms with E-state index in [-0.39, 0.29) is 5.41 Å². The zero-order valence-corrected chi connectivity index (χ0v) is 12.2. The summed E-state index contributed by atoms with van der Waals surface area (Å²) in [6.45, 7) is 13.8. The largest absolute Gasteiger partial charge is 0.319 e. The summed E-state index contributed by atoms with van der Waals surface area (Å²) in [6, 6.07) is 0. The SMILES string of the molecule is CNCC(C)c1c(C)nc(C(C)(C)C)nc1C. The fraction of sp³-hybridized carbons (Fsp3) is 0.714. The summed E-state index contributed by atoms with van der Waals surface area (Å²) in [4.78, 5) is 9.34. The molecule has 0 aromatic carbocycles. The maximum absolute atomic E-state index is 4.67. The first-order valence-electron chi connectivity index (χ1n) is 6.27. The van der Waals surface area contributed by atoms with E-state index in [0.717, 1.165) is 23.8 Å². The third-order valence-electron chi connectivity index (χ3n) is 3.00. The quantitative estimate of drug-likeness (QED) is 0.875. The average molecular weight is 235 g/mol. The maximum Gasteiger partial charge on any atom is 0.134 e. The highest BCUT2D eigenvalue weighted by Crippen LogP contribution is 2.25. The van der Waals surface area contributed by atoms with Crippen molar-refractivity contribution in [3.63, 3.8) is 0 Å². The zero-order valence-electron chi connectivity index (χ0n) is 12.2. The topological polar surface area (TPSA) is 37.8 Å². The molecule has 1 N–H and O–H groups in total. The summed E-state index contributed by atoms with van der Waals surface area (Å²) in [7, 11) is 1.98. The van der Waals surface area contributed by atoms with Crippen molar-refractivity contribution in [2.75, 3.05) is 13.6 Å². The van der Waals surface area contributed by atoms with Crippen LogP contribution >= 0.6 is 0 Å². The molecular formula is C14H25N3. The number of aryl methyl sites for hydroxylation is 2. The zero-order chi connectivity index (χ0) is 13.2. The second-order valence-corrected chi connectivity index (χ2v) is 5.84. The Morgan fingerprint density at radius 3 is 1.94 bits per heavy atom. The predicted octanol–water partition coefficient (Wildman–Crippen LogP) is 2.71. The lowest BCUT2D eigenvalue weighted by Crippen LogP contribution is -2.22. The number of hydrogen-bond acceptors (Lipinski definition) is 3. The van der Waals surface area contributed by atoms with Gasteiger partial charge >= 0.3 is 0 Å². The van der Waals surface area contributed by atoms with Gasteiger partial charge in [0.05, 0.1) is 0 Å². The first-order chi connectivity index (χ1) is 7.77. The van der Waals surface area contributed by atoms with Gasteiger partial charge in [-0.15, -0.1) is 0 Å². The van der Waals surface area contributed by atoms with Gasteiger partial charge in [-0.3, -0.25) is 0 Å². The van der Waals surface area contributed by atoms with Crippen molar-refractivity contribution in [3.8, 4) is 0 Å². The van der Waals surface area contributed by atoms with Gasteiger partial charge in [0.2, 0.25) is 0 Å². The molecule has 0 bridgehead atoms. The standard InChI is InChI=1S/C14H25N3/c1-9(8-15-7)12-10(2)16-13(14(4,5)6)17-11(12)3/h9,15H,8H2,1-7H3. The fourth-order valence-electron chi connectivity index (χ4n) is 2.18. The molecule has 0 saturated carbocycles. The van der Waals surface area contributed by atoms with Gasteiger partial charge in [-0.05, 0) is 32.4 Å². The van der Waals surface area contributed by atoms with Gasteiger partial charge < -0.3 is 5.32 Å². The molecule has 1 atom stereocenters. The molecule has 17 heavy (non-hydrogen) atoms. The van der Waals surface area contributed by atoms with E-state index >= 15 is 0 Å². The molecule has 0 fully saturated rings. The number of aromatic nitrogens is 2. The smallest absolute Gasteiger partial charge is 0.134 e. The summed E-state index contributed by atoms with van der Waals surface area (Å²) < 4.78 is 0. The van der Waals surface area contributed by atoms with Gasteiger partial charge in [0.1, 0.15) is 5.82 Å². The molecule has 3 nitrogen and oxygen atoms in total. The van der Waals surface area contributed by atoms with Crippen LogP contribution in [-0.4, -0.2) is 23.6 Å². The lowest BCUT2D eigenvalue weighted by atomic mass is 9.93. The number of hydrogen-bond donors (Lipinski definition) is 1. The third kappa shape index (κ3) is 3.25. The highest BCUT2D eigenvalue weighted by Gasteiger charge is 2.21. The van der Waals surface area contributed by atoms with E-state index in [2.05, 4.69) is 56.8 Å². The molecule has 0 spiro atoms. The van der Waals surface area contributed by atoms with E-state index in [1.165, 1.54) is 5.56 Å². The molecule has 0 radical (unpaired) electrons. The maximum atomic E-state index is 4.67. The molecule has 3 heteroatoms. The number of rotatable bonds is 3. The van der Waals surface area contributed by atoms with Gasteiger partial charge in [-0.25, -0.2) is 9.97 Å². The van der Waals surface area contributed by atoms with Crippen LogP contribution in [0.3, 0.4) is 0 Å². The van der Waals surface area contributed by atoms with Crippen LogP contribution in [0.4, 0.5) is 0 Å². The van der Waals surface area contributed by atoms with Crippen LogP contribution < -0.4 is 5.32 Å². The van der Waals surface area contributed by atoms with E-state index < -0.39 is 0 Å². The van der Waals surface area contributed by atoms with Gasteiger partial charge in [-0.2, -0.15) is 0 Å². The van der Waals surface area contributed by atoms with Gasteiger partial charge in [0, 0.05) is 23.3 Å². The van der Waals surface area contributed by atoms with E-state index in [1.54, 1.807) is 0 Å². The Bertz CT molecular complexity index is 368. The van der Waals surface area contributed by atoms with E-state index in [0.29, 0.717) is 5.92 Å². The first-order valence-corrected chi connectivity index (χ1v) is 6.27. The Morgan fingerprint density at radius 1 is 1.12 bits per heavy atom. The van der Waals surface area contributed by atoms with Gasteiger partial charge in [0.25, 0.3) is 0 Å². The van der Waals surface area contributed by atoms with Crippen molar-refractivity contribution in [1.82, 2.24) is 15.3 Å². The molecule has 0 amide bonds. The normalized spacial score (nSPS) is 13.8. The second kappa shape index (κ2) is 5.13. The number of likely N-dealkylation sites (N-methyl/N-ethyl adjacent to an activating group) is 1. The van der Waals surface area contributed by atoms with E-state index in [4.69, 9.17) is 0 Å². The summed E-state index contributed by atoms with van der Waals surface area (Å²) in [6.07, 6.45) is 0. The Morgan fingerprint density at radius 2 is 1.59 bits per heavy atom. The molecule has 1 rings (SSSR count). The van der Waals surface area contributed by atoms with Gasteiger partial charge in [-0.1, -0.05) is 27.7 Å². The van der Waals surface area contributed by atoms with Crippen molar-refractivity contribution in [2.24, 2.45) is 0 Å². The summed E-state index contributed by atoms with van der Waals surface area (Å²) in [5.41, 5.74) is 3.53. The van der Waals surface area contributed by atoms with Crippen LogP contribution in [0, 0.1) is 13.8 Å². The number of nitrogens with zero attached hydrogens (tertiary/aromatic N) is 2. The average Bonchev–Trinajstić information content (AvgIpc) is 2.15. The van der Waals surface area contributed by atoms with Crippen LogP contribution in [0.25, 0.3) is 0 Å². The van der Waals surface area contributed by atoms with Gasteiger partial charge in [0.15, 0.2) is 0 Å². The molecule has 1 aromatic heterocycles. The Kier molecular flexibility index (Phi) is 4.26. The molecule has 0 aliphatic rings. The predicted molar refractivity (Wildman–Crippen MR) is 72.5 cm³/mol. The lowest BCUT2D eigenvalue weighted by molar-refractivity contribution is 0.535. The van der Waals surface area contributed by atoms with Crippen LogP contribution in [0.15, 0.2) is 0 Å². The van der Waals surface area contributed by atoms with Crippen molar-refractivity contribution in [1.29, 1.82) is 0 Å². The third-order valence-corrected chi connectivity index (χ3v) is 3.00. The Balaban J connectivity index is 3.20. The van der Waals surface area contributed by atoms with Crippen molar-refractivity contribution in [3.05, 3.63) is 22.8 Å². The highest BCUT2D eigenvalue weighted by atomic mass is 14.9. The summed E-state index contributed by atoms with van der Waals surface area (Å²) in [5.74, 6) is 1.39. The lowest BCUT2D eigenvalue weighted by Gasteiger charge is -2.22. The molecule has 96 valence electrons. The van der Waals surface area contributed by atoms with E-state index in [9.17, 15) is 0 Å². The van der Waals surface area contributed by atoms with E-state index in [1.807, 2.05) is 7.05 Å². The number of nitrogens with one attached hydrogen (secondary N) is 1. The minimum atomic E-state index is 0.0142. The molecule has 1 unspecified atom stereocenters. The summed E-state index contributed by atoms with van der Waals surface area (Å²) >= 11 is 0. The molecule has 1 aromatic rings. The van der Waals surface area contributed by atoms with Crippen LogP contribution in [-0.2, 0) is 5.41 Å². The van der Waals surface area contributed by atoms with Crippen LogP contribution in [0.1, 0.15) is 56.4 Å². The molecule has 0 aliphatic heterocycles. The molecular weight excluding hydrogens is 210 g/mol. The first kappa shape index (κ1) is 14.1. The van der Waals surface area contributed by atoms with Crippen molar-refractivity contribution in [2.45, 2.75) is 52.9 Å².